The van der Waals surface area contributed by atoms with Crippen LogP contribution in [0.1, 0.15) is 41.5 Å². The molecular weight excluding hydrogens is 228 g/mol. The van der Waals surface area contributed by atoms with Gasteiger partial charge in [-0.2, -0.15) is 5.10 Å². The summed E-state index contributed by atoms with van der Waals surface area (Å²) >= 11 is 0. The average molecular weight is 252 g/mol. The molecule has 1 amide bonds. The summed E-state index contributed by atoms with van der Waals surface area (Å²) in [7, 11) is 1.85. The molecule has 0 aliphatic rings. The number of amides is 1. The number of carbonyl (C=O) groups is 1. The Kier molecular flexibility index (Phi) is 5.34. The van der Waals surface area contributed by atoms with Crippen molar-refractivity contribution in [3.63, 3.8) is 0 Å². The Morgan fingerprint density at radius 3 is 2.67 bits per heavy atom. The van der Waals surface area contributed by atoms with Gasteiger partial charge in [-0.15, -0.1) is 0 Å². The maximum Gasteiger partial charge on any atom is 0.255 e. The lowest BCUT2D eigenvalue weighted by molar-refractivity contribution is 0.0951. The summed E-state index contributed by atoms with van der Waals surface area (Å²) in [5.74, 6) is 0.488. The second kappa shape index (κ2) is 6.54. The number of carbonyl (C=O) groups excluding carboxylic acids is 1. The van der Waals surface area contributed by atoms with Crippen LogP contribution in [0.4, 0.5) is 0 Å². The number of nitrogens with zero attached hydrogens (tertiary/aromatic N) is 2. The van der Waals surface area contributed by atoms with Gasteiger partial charge in [0, 0.05) is 19.3 Å². The van der Waals surface area contributed by atoms with Gasteiger partial charge in [-0.3, -0.25) is 9.48 Å². The molecule has 0 bridgehead atoms. The van der Waals surface area contributed by atoms with Gasteiger partial charge >= 0.3 is 0 Å². The van der Waals surface area contributed by atoms with E-state index in [1.807, 2.05) is 20.9 Å². The van der Waals surface area contributed by atoms with Gasteiger partial charge in [-0.25, -0.2) is 0 Å². The van der Waals surface area contributed by atoms with E-state index in [9.17, 15) is 4.79 Å². The second-order valence-corrected chi connectivity index (χ2v) is 4.91. The Bertz CT molecular complexity index is 411. The summed E-state index contributed by atoms with van der Waals surface area (Å²) in [6.45, 7) is 7.28. The van der Waals surface area contributed by atoms with Crippen LogP contribution in [0.25, 0.3) is 0 Å². The second-order valence-electron chi connectivity index (χ2n) is 4.91. The van der Waals surface area contributed by atoms with E-state index in [1.54, 1.807) is 4.68 Å². The molecule has 0 aromatic carbocycles. The minimum Gasteiger partial charge on any atom is -0.352 e. The van der Waals surface area contributed by atoms with E-state index in [1.165, 1.54) is 0 Å². The third-order valence-corrected chi connectivity index (χ3v) is 3.30. The highest BCUT2D eigenvalue weighted by Crippen LogP contribution is 2.11. The van der Waals surface area contributed by atoms with Gasteiger partial charge in [0.25, 0.3) is 5.91 Å². The van der Waals surface area contributed by atoms with Gasteiger partial charge in [0.2, 0.25) is 0 Å². The summed E-state index contributed by atoms with van der Waals surface area (Å²) in [5.41, 5.74) is 7.93. The van der Waals surface area contributed by atoms with Crippen LogP contribution in [-0.4, -0.2) is 28.8 Å². The normalized spacial score (nSPS) is 12.5. The number of aromatic nitrogens is 2. The number of aryl methyl sites for hydroxylation is 2. The highest BCUT2D eigenvalue weighted by molar-refractivity contribution is 5.96. The molecule has 5 nitrogen and oxygen atoms in total. The maximum atomic E-state index is 12.0. The average Bonchev–Trinajstić information content (AvgIpc) is 2.58. The molecule has 0 saturated carbocycles. The summed E-state index contributed by atoms with van der Waals surface area (Å²) in [4.78, 5) is 12.0. The third-order valence-electron chi connectivity index (χ3n) is 3.30. The number of rotatable bonds is 6. The zero-order valence-electron chi connectivity index (χ0n) is 11.8. The molecule has 0 saturated heterocycles. The molecule has 1 unspecified atom stereocenters. The van der Waals surface area contributed by atoms with Crippen LogP contribution >= 0.6 is 0 Å². The van der Waals surface area contributed by atoms with Crippen molar-refractivity contribution in [2.75, 3.05) is 13.1 Å². The van der Waals surface area contributed by atoms with E-state index >= 15 is 0 Å². The molecule has 1 aromatic heterocycles. The van der Waals surface area contributed by atoms with Crippen molar-refractivity contribution in [1.29, 1.82) is 0 Å². The van der Waals surface area contributed by atoms with Crippen LogP contribution in [-0.2, 0) is 7.05 Å². The molecule has 0 fully saturated rings. The lowest BCUT2D eigenvalue weighted by atomic mass is 10.1. The van der Waals surface area contributed by atoms with Crippen LogP contribution in [0.2, 0.25) is 0 Å². The predicted octanol–water partition coefficient (Wildman–Crippen LogP) is 1.14. The topological polar surface area (TPSA) is 72.9 Å². The molecule has 0 aliphatic heterocycles. The van der Waals surface area contributed by atoms with Crippen molar-refractivity contribution >= 4 is 5.91 Å². The minimum absolute atomic E-state index is 0.0292. The SMILES string of the molecule is Cc1nn(C)c(C)c1C(=O)NCCCC(C)CN. The quantitative estimate of drug-likeness (QED) is 0.746. The number of hydrogen-bond acceptors (Lipinski definition) is 3. The molecule has 3 N–H and O–H groups in total. The Morgan fingerprint density at radius 1 is 1.50 bits per heavy atom. The van der Waals surface area contributed by atoms with Gasteiger partial charge in [0.15, 0.2) is 0 Å². The van der Waals surface area contributed by atoms with Gasteiger partial charge in [0.1, 0.15) is 0 Å². The monoisotopic (exact) mass is 252 g/mol. The standard InChI is InChI=1S/C13H24N4O/c1-9(8-14)6-5-7-15-13(18)12-10(2)16-17(4)11(12)3/h9H,5-8,14H2,1-4H3,(H,15,18). The lowest BCUT2D eigenvalue weighted by Crippen LogP contribution is -2.26. The molecule has 1 rings (SSSR count). The molecule has 5 heteroatoms. The van der Waals surface area contributed by atoms with Crippen molar-refractivity contribution < 1.29 is 4.79 Å². The molecular formula is C13H24N4O. The van der Waals surface area contributed by atoms with E-state index < -0.39 is 0 Å². The van der Waals surface area contributed by atoms with E-state index in [0.29, 0.717) is 24.6 Å². The van der Waals surface area contributed by atoms with Crippen LogP contribution in [0.5, 0.6) is 0 Å². The van der Waals surface area contributed by atoms with Crippen molar-refractivity contribution in [1.82, 2.24) is 15.1 Å². The first-order valence-corrected chi connectivity index (χ1v) is 6.45. The predicted molar refractivity (Wildman–Crippen MR) is 72.5 cm³/mol. The number of nitrogens with two attached hydrogens (primary N) is 1. The van der Waals surface area contributed by atoms with Crippen LogP contribution in [0, 0.1) is 19.8 Å². The van der Waals surface area contributed by atoms with Crippen molar-refractivity contribution in [2.24, 2.45) is 18.7 Å². The van der Waals surface area contributed by atoms with E-state index in [-0.39, 0.29) is 5.91 Å². The number of hydrogen-bond donors (Lipinski definition) is 2. The van der Waals surface area contributed by atoms with E-state index in [2.05, 4.69) is 17.3 Å². The fraction of sp³-hybridized carbons (Fsp3) is 0.692. The summed E-state index contributed by atoms with van der Waals surface area (Å²) in [5, 5.41) is 7.18. The lowest BCUT2D eigenvalue weighted by Gasteiger charge is -2.09. The molecule has 1 aromatic rings. The molecule has 0 aliphatic carbocycles. The largest absolute Gasteiger partial charge is 0.352 e. The van der Waals surface area contributed by atoms with Gasteiger partial charge in [-0.05, 0) is 39.2 Å². The van der Waals surface area contributed by atoms with Gasteiger partial charge in [-0.1, -0.05) is 6.92 Å². The van der Waals surface area contributed by atoms with Crippen molar-refractivity contribution in [3.8, 4) is 0 Å². The smallest absolute Gasteiger partial charge is 0.255 e. The zero-order chi connectivity index (χ0) is 13.7. The molecule has 1 heterocycles. The minimum atomic E-state index is -0.0292. The molecule has 1 atom stereocenters. The van der Waals surface area contributed by atoms with Crippen molar-refractivity contribution in [2.45, 2.75) is 33.6 Å². The third kappa shape index (κ3) is 3.57. The Morgan fingerprint density at radius 2 is 2.17 bits per heavy atom. The Balaban J connectivity index is 2.46. The molecule has 102 valence electrons. The Labute approximate surface area is 109 Å². The summed E-state index contributed by atoms with van der Waals surface area (Å²) in [6.07, 6.45) is 2.00. The summed E-state index contributed by atoms with van der Waals surface area (Å²) in [6, 6.07) is 0. The zero-order valence-corrected chi connectivity index (χ0v) is 11.8. The van der Waals surface area contributed by atoms with Crippen LogP contribution in [0.3, 0.4) is 0 Å². The Hall–Kier alpha value is -1.36. The first kappa shape index (κ1) is 14.7. The van der Waals surface area contributed by atoms with Crippen LogP contribution in [0.15, 0.2) is 0 Å². The highest BCUT2D eigenvalue weighted by atomic mass is 16.1. The van der Waals surface area contributed by atoms with Crippen LogP contribution < -0.4 is 11.1 Å². The fourth-order valence-electron chi connectivity index (χ4n) is 1.96. The van der Waals surface area contributed by atoms with Gasteiger partial charge < -0.3 is 11.1 Å². The fourth-order valence-corrected chi connectivity index (χ4v) is 1.96. The first-order valence-electron chi connectivity index (χ1n) is 6.45. The van der Waals surface area contributed by atoms with Crippen molar-refractivity contribution in [3.05, 3.63) is 17.0 Å². The van der Waals surface area contributed by atoms with Gasteiger partial charge in [0.05, 0.1) is 11.3 Å². The maximum absolute atomic E-state index is 12.0. The van der Waals surface area contributed by atoms with E-state index in [0.717, 1.165) is 24.2 Å². The first-order chi connectivity index (χ1) is 8.47. The number of nitrogens with one attached hydrogen (secondary N) is 1. The van der Waals surface area contributed by atoms with E-state index in [4.69, 9.17) is 5.73 Å². The summed E-state index contributed by atoms with van der Waals surface area (Å²) < 4.78 is 1.74. The molecule has 0 radical (unpaired) electrons. The molecule has 18 heavy (non-hydrogen) atoms. The molecule has 0 spiro atoms. The highest BCUT2D eigenvalue weighted by Gasteiger charge is 2.16.